The molecule has 0 aromatic heterocycles. The van der Waals surface area contributed by atoms with E-state index < -0.39 is 0 Å². The fraction of sp³-hybridized carbons (Fsp3) is 0.714. The minimum atomic E-state index is 0.0301. The van der Waals surface area contributed by atoms with E-state index in [4.69, 9.17) is 14.2 Å². The first-order valence-electron chi connectivity index (χ1n) is 3.25. The Labute approximate surface area is 60.6 Å². The standard InChI is InChI=1S/C7H12O3/c1-3-10-7-5-9-4-6(7)8-2/h3,6-7H,1,4-5H2,2H3. The fourth-order valence-corrected chi connectivity index (χ4v) is 0.985. The summed E-state index contributed by atoms with van der Waals surface area (Å²) < 4.78 is 15.3. The maximum absolute atomic E-state index is 5.12. The topological polar surface area (TPSA) is 27.7 Å². The van der Waals surface area contributed by atoms with E-state index in [1.165, 1.54) is 6.26 Å². The lowest BCUT2D eigenvalue weighted by molar-refractivity contribution is 0.0128. The van der Waals surface area contributed by atoms with Gasteiger partial charge in [-0.05, 0) is 0 Å². The highest BCUT2D eigenvalue weighted by molar-refractivity contribution is 4.77. The van der Waals surface area contributed by atoms with Gasteiger partial charge in [-0.25, -0.2) is 0 Å². The predicted octanol–water partition coefficient (Wildman–Crippen LogP) is 0.560. The maximum atomic E-state index is 5.12. The van der Waals surface area contributed by atoms with Crippen molar-refractivity contribution < 1.29 is 14.2 Å². The van der Waals surface area contributed by atoms with Crippen molar-refractivity contribution in [1.29, 1.82) is 0 Å². The molecule has 0 aromatic rings. The van der Waals surface area contributed by atoms with Crippen molar-refractivity contribution in [2.75, 3.05) is 20.3 Å². The van der Waals surface area contributed by atoms with E-state index in [9.17, 15) is 0 Å². The van der Waals surface area contributed by atoms with Crippen molar-refractivity contribution in [2.45, 2.75) is 12.2 Å². The van der Waals surface area contributed by atoms with Crippen LogP contribution in [0.3, 0.4) is 0 Å². The third kappa shape index (κ3) is 1.49. The Morgan fingerprint density at radius 2 is 2.20 bits per heavy atom. The Hall–Kier alpha value is -0.540. The van der Waals surface area contributed by atoms with E-state index in [0.29, 0.717) is 13.2 Å². The molecule has 0 spiro atoms. The number of methoxy groups -OCH3 is 1. The van der Waals surface area contributed by atoms with Crippen LogP contribution >= 0.6 is 0 Å². The average molecular weight is 144 g/mol. The summed E-state index contributed by atoms with van der Waals surface area (Å²) in [5, 5.41) is 0. The summed E-state index contributed by atoms with van der Waals surface area (Å²) in [7, 11) is 1.65. The van der Waals surface area contributed by atoms with Gasteiger partial charge in [-0.15, -0.1) is 0 Å². The van der Waals surface area contributed by atoms with Crippen molar-refractivity contribution in [3.05, 3.63) is 12.8 Å². The molecule has 0 radical (unpaired) electrons. The molecule has 2 unspecified atom stereocenters. The minimum absolute atomic E-state index is 0.0301. The van der Waals surface area contributed by atoms with Crippen LogP contribution in [-0.2, 0) is 14.2 Å². The van der Waals surface area contributed by atoms with Crippen LogP contribution in [0.4, 0.5) is 0 Å². The molecule has 10 heavy (non-hydrogen) atoms. The number of rotatable bonds is 3. The van der Waals surface area contributed by atoms with Gasteiger partial charge in [0.25, 0.3) is 0 Å². The first-order valence-corrected chi connectivity index (χ1v) is 3.25. The molecule has 1 saturated heterocycles. The smallest absolute Gasteiger partial charge is 0.149 e. The molecule has 0 aromatic carbocycles. The second-order valence-corrected chi connectivity index (χ2v) is 2.15. The molecule has 1 fully saturated rings. The summed E-state index contributed by atoms with van der Waals surface area (Å²) in [4.78, 5) is 0. The molecule has 0 aliphatic carbocycles. The van der Waals surface area contributed by atoms with E-state index >= 15 is 0 Å². The van der Waals surface area contributed by atoms with Crippen LogP contribution in [0.5, 0.6) is 0 Å². The predicted molar refractivity (Wildman–Crippen MR) is 36.7 cm³/mol. The second-order valence-electron chi connectivity index (χ2n) is 2.15. The maximum Gasteiger partial charge on any atom is 0.149 e. The first-order chi connectivity index (χ1) is 4.88. The van der Waals surface area contributed by atoms with Crippen molar-refractivity contribution in [3.63, 3.8) is 0 Å². The largest absolute Gasteiger partial charge is 0.493 e. The average Bonchev–Trinajstić information content (AvgIpc) is 2.36. The van der Waals surface area contributed by atoms with Gasteiger partial charge < -0.3 is 14.2 Å². The van der Waals surface area contributed by atoms with E-state index in [1.54, 1.807) is 7.11 Å². The van der Waals surface area contributed by atoms with Gasteiger partial charge in [-0.1, -0.05) is 6.58 Å². The van der Waals surface area contributed by atoms with Crippen molar-refractivity contribution in [3.8, 4) is 0 Å². The lowest BCUT2D eigenvalue weighted by Gasteiger charge is -2.14. The van der Waals surface area contributed by atoms with Crippen LogP contribution < -0.4 is 0 Å². The van der Waals surface area contributed by atoms with Gasteiger partial charge in [-0.3, -0.25) is 0 Å². The minimum Gasteiger partial charge on any atom is -0.493 e. The highest BCUT2D eigenvalue weighted by Gasteiger charge is 2.28. The molecule has 3 nitrogen and oxygen atoms in total. The van der Waals surface area contributed by atoms with Gasteiger partial charge in [-0.2, -0.15) is 0 Å². The molecular formula is C7H12O3. The third-order valence-electron chi connectivity index (χ3n) is 1.55. The van der Waals surface area contributed by atoms with Gasteiger partial charge in [0.2, 0.25) is 0 Å². The van der Waals surface area contributed by atoms with E-state index in [1.807, 2.05) is 0 Å². The van der Waals surface area contributed by atoms with E-state index in [-0.39, 0.29) is 12.2 Å². The molecule has 58 valence electrons. The third-order valence-corrected chi connectivity index (χ3v) is 1.55. The van der Waals surface area contributed by atoms with Crippen LogP contribution in [0.1, 0.15) is 0 Å². The molecule has 0 amide bonds. The summed E-state index contributed by atoms with van der Waals surface area (Å²) >= 11 is 0. The monoisotopic (exact) mass is 144 g/mol. The highest BCUT2D eigenvalue weighted by atomic mass is 16.6. The van der Waals surface area contributed by atoms with Crippen molar-refractivity contribution >= 4 is 0 Å². The van der Waals surface area contributed by atoms with Crippen LogP contribution in [0.15, 0.2) is 12.8 Å². The molecular weight excluding hydrogens is 132 g/mol. The summed E-state index contributed by atoms with van der Waals surface area (Å²) in [6.45, 7) is 4.68. The van der Waals surface area contributed by atoms with Crippen molar-refractivity contribution in [2.24, 2.45) is 0 Å². The van der Waals surface area contributed by atoms with Crippen LogP contribution in [0, 0.1) is 0 Å². The summed E-state index contributed by atoms with van der Waals surface area (Å²) in [6.07, 6.45) is 1.52. The molecule has 3 heteroatoms. The molecule has 0 saturated carbocycles. The number of hydrogen-bond acceptors (Lipinski definition) is 3. The van der Waals surface area contributed by atoms with Gasteiger partial charge in [0.15, 0.2) is 0 Å². The quantitative estimate of drug-likeness (QED) is 0.542. The Kier molecular flexibility index (Phi) is 2.71. The van der Waals surface area contributed by atoms with Gasteiger partial charge >= 0.3 is 0 Å². The first kappa shape index (κ1) is 7.57. The molecule has 1 rings (SSSR count). The van der Waals surface area contributed by atoms with Crippen LogP contribution in [0.2, 0.25) is 0 Å². The Bertz CT molecular complexity index is 113. The van der Waals surface area contributed by atoms with Gasteiger partial charge in [0, 0.05) is 7.11 Å². The van der Waals surface area contributed by atoms with E-state index in [2.05, 4.69) is 6.58 Å². The second kappa shape index (κ2) is 3.58. The number of ether oxygens (including phenoxy) is 3. The Morgan fingerprint density at radius 1 is 1.50 bits per heavy atom. The van der Waals surface area contributed by atoms with Crippen molar-refractivity contribution in [1.82, 2.24) is 0 Å². The molecule has 1 aliphatic rings. The van der Waals surface area contributed by atoms with Gasteiger partial charge in [0.1, 0.15) is 12.2 Å². The lowest BCUT2D eigenvalue weighted by Crippen LogP contribution is -2.27. The lowest BCUT2D eigenvalue weighted by atomic mass is 10.2. The van der Waals surface area contributed by atoms with E-state index in [0.717, 1.165) is 0 Å². The Morgan fingerprint density at radius 3 is 2.80 bits per heavy atom. The SMILES string of the molecule is C=COC1COCC1OC. The summed E-state index contributed by atoms with van der Waals surface area (Å²) in [5.74, 6) is 0. The summed E-state index contributed by atoms with van der Waals surface area (Å²) in [5.41, 5.74) is 0. The van der Waals surface area contributed by atoms with Crippen LogP contribution in [0.25, 0.3) is 0 Å². The van der Waals surface area contributed by atoms with Gasteiger partial charge in [0.05, 0.1) is 19.5 Å². The molecule has 1 heterocycles. The Balaban J connectivity index is 2.34. The van der Waals surface area contributed by atoms with Crippen LogP contribution in [-0.4, -0.2) is 32.5 Å². The fourth-order valence-electron chi connectivity index (χ4n) is 0.985. The summed E-state index contributed by atoms with van der Waals surface area (Å²) in [6, 6.07) is 0. The molecule has 0 bridgehead atoms. The molecule has 2 atom stereocenters. The molecule has 0 N–H and O–H groups in total. The highest BCUT2D eigenvalue weighted by Crippen LogP contribution is 2.12. The zero-order valence-electron chi connectivity index (χ0n) is 6.08. The number of hydrogen-bond donors (Lipinski definition) is 0. The zero-order chi connectivity index (χ0) is 7.40. The normalized spacial score (nSPS) is 32.1. The molecule has 1 aliphatic heterocycles. The zero-order valence-corrected chi connectivity index (χ0v) is 6.08.